The lowest BCUT2D eigenvalue weighted by Crippen LogP contribution is -2.35. The number of nitrogens with one attached hydrogen (secondary N) is 1. The van der Waals surface area contributed by atoms with Gasteiger partial charge < -0.3 is 15.8 Å². The standard InChI is InChI=1S/C15H22N2O2/c16-14(12-6-2-1-3-7-12)11-17-15(18)10-13-8-4-5-9-19-13/h1-3,6-7,13-14H,4-5,8-11,16H2,(H,17,18). The highest BCUT2D eigenvalue weighted by molar-refractivity contribution is 5.76. The molecule has 1 heterocycles. The molecular formula is C15H22N2O2. The second-order valence-electron chi connectivity index (χ2n) is 5.01. The number of rotatable bonds is 5. The highest BCUT2D eigenvalue weighted by atomic mass is 16.5. The lowest BCUT2D eigenvalue weighted by Gasteiger charge is -2.22. The topological polar surface area (TPSA) is 64.3 Å². The van der Waals surface area contributed by atoms with Crippen LogP contribution in [-0.4, -0.2) is 25.2 Å². The van der Waals surface area contributed by atoms with Crippen LogP contribution in [-0.2, 0) is 9.53 Å². The van der Waals surface area contributed by atoms with Crippen LogP contribution in [0.25, 0.3) is 0 Å². The summed E-state index contributed by atoms with van der Waals surface area (Å²) in [6, 6.07) is 9.65. The Morgan fingerprint density at radius 1 is 1.37 bits per heavy atom. The average Bonchev–Trinajstić information content (AvgIpc) is 2.47. The molecule has 2 rings (SSSR count). The van der Waals surface area contributed by atoms with Crippen LogP contribution in [0.4, 0.5) is 0 Å². The molecule has 1 aliphatic heterocycles. The van der Waals surface area contributed by atoms with E-state index in [1.807, 2.05) is 30.3 Å². The highest BCUT2D eigenvalue weighted by Gasteiger charge is 2.17. The van der Waals surface area contributed by atoms with Gasteiger partial charge >= 0.3 is 0 Å². The fraction of sp³-hybridized carbons (Fsp3) is 0.533. The average molecular weight is 262 g/mol. The van der Waals surface area contributed by atoms with Crippen molar-refractivity contribution in [2.24, 2.45) is 5.73 Å². The summed E-state index contributed by atoms with van der Waals surface area (Å²) in [5, 5.41) is 2.88. The second-order valence-corrected chi connectivity index (χ2v) is 5.01. The Kier molecular flexibility index (Phi) is 5.36. The Balaban J connectivity index is 1.71. The number of nitrogens with two attached hydrogens (primary N) is 1. The van der Waals surface area contributed by atoms with Crippen LogP contribution in [0.5, 0.6) is 0 Å². The number of hydrogen-bond acceptors (Lipinski definition) is 3. The summed E-state index contributed by atoms with van der Waals surface area (Å²) < 4.78 is 5.55. The van der Waals surface area contributed by atoms with Crippen molar-refractivity contribution in [2.45, 2.75) is 37.8 Å². The molecule has 0 radical (unpaired) electrons. The quantitative estimate of drug-likeness (QED) is 0.850. The van der Waals surface area contributed by atoms with E-state index in [9.17, 15) is 4.79 Å². The molecular weight excluding hydrogens is 240 g/mol. The minimum absolute atomic E-state index is 0.0262. The molecule has 2 atom stereocenters. The van der Waals surface area contributed by atoms with E-state index >= 15 is 0 Å². The zero-order valence-electron chi connectivity index (χ0n) is 11.2. The van der Waals surface area contributed by atoms with Crippen LogP contribution in [0, 0.1) is 0 Å². The van der Waals surface area contributed by atoms with Crippen molar-refractivity contribution in [3.05, 3.63) is 35.9 Å². The van der Waals surface area contributed by atoms with Crippen molar-refractivity contribution in [2.75, 3.05) is 13.2 Å². The molecule has 1 aromatic carbocycles. The Morgan fingerprint density at radius 2 is 2.16 bits per heavy atom. The van der Waals surface area contributed by atoms with Gasteiger partial charge in [-0.25, -0.2) is 0 Å². The van der Waals surface area contributed by atoms with Crippen molar-refractivity contribution in [3.63, 3.8) is 0 Å². The Labute approximate surface area is 114 Å². The minimum Gasteiger partial charge on any atom is -0.378 e. The van der Waals surface area contributed by atoms with Gasteiger partial charge in [0.15, 0.2) is 0 Å². The summed E-state index contributed by atoms with van der Waals surface area (Å²) in [5.41, 5.74) is 7.07. The third kappa shape index (κ3) is 4.65. The van der Waals surface area contributed by atoms with Crippen LogP contribution in [0.3, 0.4) is 0 Å². The maximum absolute atomic E-state index is 11.8. The SMILES string of the molecule is NC(CNC(=O)CC1CCCCO1)c1ccccc1. The van der Waals surface area contributed by atoms with Crippen LogP contribution < -0.4 is 11.1 Å². The van der Waals surface area contributed by atoms with Crippen molar-refractivity contribution in [1.82, 2.24) is 5.32 Å². The summed E-state index contributed by atoms with van der Waals surface area (Å²) in [6.45, 7) is 1.25. The van der Waals surface area contributed by atoms with E-state index < -0.39 is 0 Å². The molecule has 0 spiro atoms. The van der Waals surface area contributed by atoms with Crippen LogP contribution in [0.15, 0.2) is 30.3 Å². The maximum atomic E-state index is 11.8. The molecule has 19 heavy (non-hydrogen) atoms. The maximum Gasteiger partial charge on any atom is 0.222 e. The second kappa shape index (κ2) is 7.26. The molecule has 0 aromatic heterocycles. The zero-order valence-corrected chi connectivity index (χ0v) is 11.2. The van der Waals surface area contributed by atoms with Crippen molar-refractivity contribution < 1.29 is 9.53 Å². The number of amides is 1. The van der Waals surface area contributed by atoms with Gasteiger partial charge in [0.2, 0.25) is 5.91 Å². The first-order valence-corrected chi connectivity index (χ1v) is 6.94. The summed E-state index contributed by atoms with van der Waals surface area (Å²) in [4.78, 5) is 11.8. The summed E-state index contributed by atoms with van der Waals surface area (Å²) in [7, 11) is 0. The van der Waals surface area contributed by atoms with Gasteiger partial charge in [0.05, 0.1) is 12.5 Å². The normalized spacial score (nSPS) is 20.8. The first-order valence-electron chi connectivity index (χ1n) is 6.94. The Bertz CT molecular complexity index is 388. The minimum atomic E-state index is -0.155. The van der Waals surface area contributed by atoms with Crippen LogP contribution >= 0.6 is 0 Å². The molecule has 1 saturated heterocycles. The number of benzene rings is 1. The first-order chi connectivity index (χ1) is 9.25. The van der Waals surface area contributed by atoms with Gasteiger partial charge in [-0.2, -0.15) is 0 Å². The molecule has 1 aliphatic rings. The molecule has 1 fully saturated rings. The van der Waals surface area contributed by atoms with Crippen LogP contribution in [0.1, 0.15) is 37.3 Å². The molecule has 1 amide bonds. The van der Waals surface area contributed by atoms with Gasteiger partial charge in [-0.3, -0.25) is 4.79 Å². The molecule has 0 aliphatic carbocycles. The number of hydrogen-bond donors (Lipinski definition) is 2. The van der Waals surface area contributed by atoms with Gasteiger partial charge in [-0.05, 0) is 24.8 Å². The molecule has 3 N–H and O–H groups in total. The van der Waals surface area contributed by atoms with Crippen LogP contribution in [0.2, 0.25) is 0 Å². The lowest BCUT2D eigenvalue weighted by atomic mass is 10.1. The zero-order chi connectivity index (χ0) is 13.5. The summed E-state index contributed by atoms with van der Waals surface area (Å²) in [6.07, 6.45) is 3.78. The molecule has 0 bridgehead atoms. The van der Waals surface area contributed by atoms with E-state index in [-0.39, 0.29) is 18.1 Å². The first kappa shape index (κ1) is 14.0. The summed E-state index contributed by atoms with van der Waals surface area (Å²) >= 11 is 0. The Morgan fingerprint density at radius 3 is 2.84 bits per heavy atom. The van der Waals surface area contributed by atoms with Gasteiger partial charge in [-0.1, -0.05) is 30.3 Å². The van der Waals surface area contributed by atoms with E-state index in [0.29, 0.717) is 13.0 Å². The van der Waals surface area contributed by atoms with E-state index in [1.165, 1.54) is 0 Å². The van der Waals surface area contributed by atoms with Crippen molar-refractivity contribution in [1.29, 1.82) is 0 Å². The molecule has 4 heteroatoms. The molecule has 4 nitrogen and oxygen atoms in total. The number of carbonyl (C=O) groups is 1. The van der Waals surface area contributed by atoms with E-state index in [1.54, 1.807) is 0 Å². The van der Waals surface area contributed by atoms with E-state index in [2.05, 4.69) is 5.32 Å². The number of ether oxygens (including phenoxy) is 1. The third-order valence-electron chi connectivity index (χ3n) is 3.43. The molecule has 104 valence electrons. The fourth-order valence-electron chi connectivity index (χ4n) is 2.29. The molecule has 1 aromatic rings. The predicted molar refractivity (Wildman–Crippen MR) is 74.6 cm³/mol. The van der Waals surface area contributed by atoms with Gasteiger partial charge in [-0.15, -0.1) is 0 Å². The number of carbonyl (C=O) groups excluding carboxylic acids is 1. The monoisotopic (exact) mass is 262 g/mol. The predicted octanol–water partition coefficient (Wildman–Crippen LogP) is 1.76. The lowest BCUT2D eigenvalue weighted by molar-refractivity contribution is -0.124. The van der Waals surface area contributed by atoms with Gasteiger partial charge in [0.1, 0.15) is 0 Å². The van der Waals surface area contributed by atoms with E-state index in [4.69, 9.17) is 10.5 Å². The van der Waals surface area contributed by atoms with Crippen molar-refractivity contribution in [3.8, 4) is 0 Å². The third-order valence-corrected chi connectivity index (χ3v) is 3.43. The van der Waals surface area contributed by atoms with Gasteiger partial charge in [0, 0.05) is 19.2 Å². The Hall–Kier alpha value is -1.39. The highest BCUT2D eigenvalue weighted by Crippen LogP contribution is 2.15. The smallest absolute Gasteiger partial charge is 0.222 e. The van der Waals surface area contributed by atoms with Gasteiger partial charge in [0.25, 0.3) is 0 Å². The summed E-state index contributed by atoms with van der Waals surface area (Å²) in [5.74, 6) is 0.0262. The molecule has 0 saturated carbocycles. The fourth-order valence-corrected chi connectivity index (χ4v) is 2.29. The van der Waals surface area contributed by atoms with E-state index in [0.717, 1.165) is 31.4 Å². The van der Waals surface area contributed by atoms with Crippen molar-refractivity contribution >= 4 is 5.91 Å². The largest absolute Gasteiger partial charge is 0.378 e. The molecule has 2 unspecified atom stereocenters.